The average Bonchev–Trinajstić information content (AvgIpc) is 3.26. The van der Waals surface area contributed by atoms with Crippen LogP contribution in [0.1, 0.15) is 16.3 Å². The molecule has 0 atom stereocenters. The Labute approximate surface area is 177 Å². The summed E-state index contributed by atoms with van der Waals surface area (Å²) in [5, 5.41) is 0. The molecule has 2 aromatic carbocycles. The van der Waals surface area contributed by atoms with E-state index in [0.29, 0.717) is 36.0 Å². The second kappa shape index (κ2) is 7.71. The molecule has 4 aromatic rings. The number of halogens is 1. The Morgan fingerprint density at radius 2 is 1.71 bits per heavy atom. The van der Waals surface area contributed by atoms with Gasteiger partial charge >= 0.3 is 0 Å². The summed E-state index contributed by atoms with van der Waals surface area (Å²) in [7, 11) is 1.93. The Hall–Kier alpha value is -3.94. The van der Waals surface area contributed by atoms with E-state index in [2.05, 4.69) is 9.97 Å². The summed E-state index contributed by atoms with van der Waals surface area (Å²) in [5.74, 6) is 1.09. The number of nitrogens with zero attached hydrogens (tertiary/aromatic N) is 4. The van der Waals surface area contributed by atoms with Crippen LogP contribution in [-0.2, 0) is 6.61 Å². The lowest BCUT2D eigenvalue weighted by molar-refractivity contribution is 0.0955. The van der Waals surface area contributed by atoms with Gasteiger partial charge in [-0.2, -0.15) is 0 Å². The van der Waals surface area contributed by atoms with Gasteiger partial charge in [0.15, 0.2) is 29.0 Å². The Kier molecular flexibility index (Phi) is 4.74. The predicted molar refractivity (Wildman–Crippen MR) is 114 cm³/mol. The summed E-state index contributed by atoms with van der Waals surface area (Å²) in [5.41, 5.74) is 1.49. The summed E-state index contributed by atoms with van der Waals surface area (Å²) in [4.78, 5) is 26.1. The van der Waals surface area contributed by atoms with E-state index in [-0.39, 0.29) is 24.0 Å². The van der Waals surface area contributed by atoms with Gasteiger partial charge in [0, 0.05) is 20.1 Å². The summed E-state index contributed by atoms with van der Waals surface area (Å²) < 4.78 is 24.9. The molecule has 1 amide bonds. The summed E-state index contributed by atoms with van der Waals surface area (Å²) in [6.45, 7) is 1.09. The lowest BCUT2D eigenvalue weighted by atomic mass is 10.2. The second-order valence-electron chi connectivity index (χ2n) is 7.22. The number of hydrogen-bond donors (Lipinski definition) is 0. The van der Waals surface area contributed by atoms with E-state index in [1.54, 1.807) is 29.2 Å². The lowest BCUT2D eigenvalue weighted by Crippen LogP contribution is -2.43. The Balaban J connectivity index is 1.39. The smallest absolute Gasteiger partial charge is 0.295 e. The molecule has 0 saturated carbocycles. The number of hydrogen-bond acceptors (Lipinski definition) is 6. The second-order valence-corrected chi connectivity index (χ2v) is 7.22. The summed E-state index contributed by atoms with van der Waals surface area (Å²) >= 11 is 0. The van der Waals surface area contributed by atoms with Crippen molar-refractivity contribution in [1.82, 2.24) is 9.97 Å². The molecule has 0 aliphatic carbocycles. The molecule has 0 N–H and O–H groups in total. The van der Waals surface area contributed by atoms with Crippen LogP contribution < -0.4 is 14.5 Å². The van der Waals surface area contributed by atoms with Gasteiger partial charge in [-0.15, -0.1) is 0 Å². The van der Waals surface area contributed by atoms with E-state index in [9.17, 15) is 9.18 Å². The number of fused-ring (bicyclic) bond motifs is 2. The zero-order valence-electron chi connectivity index (χ0n) is 16.8. The monoisotopic (exact) mass is 418 g/mol. The number of ether oxygens (including phenoxy) is 1. The zero-order chi connectivity index (χ0) is 21.4. The van der Waals surface area contributed by atoms with Gasteiger partial charge in [0.2, 0.25) is 0 Å². The lowest BCUT2D eigenvalue weighted by Gasteiger charge is -2.33. The highest BCUT2D eigenvalue weighted by Crippen LogP contribution is 2.31. The molecule has 156 valence electrons. The number of carbonyl (C=O) groups is 1. The highest BCUT2D eigenvalue weighted by Gasteiger charge is 2.30. The quantitative estimate of drug-likeness (QED) is 0.498. The minimum atomic E-state index is -0.454. The molecular weight excluding hydrogens is 399 g/mol. The minimum Gasteiger partial charge on any atom is -0.483 e. The number of anilines is 2. The highest BCUT2D eigenvalue weighted by atomic mass is 19.1. The Morgan fingerprint density at radius 3 is 2.48 bits per heavy atom. The predicted octanol–water partition coefficient (Wildman–Crippen LogP) is 4.04. The molecule has 31 heavy (non-hydrogen) atoms. The maximum absolute atomic E-state index is 13.7. The van der Waals surface area contributed by atoms with E-state index < -0.39 is 5.82 Å². The topological polar surface area (TPSA) is 71.7 Å². The maximum atomic E-state index is 13.7. The first-order valence-corrected chi connectivity index (χ1v) is 9.86. The third-order valence-electron chi connectivity index (χ3n) is 5.13. The van der Waals surface area contributed by atoms with Gasteiger partial charge < -0.3 is 14.1 Å². The largest absolute Gasteiger partial charge is 0.483 e. The number of likely N-dealkylation sites (N-methyl/N-ethyl adjacent to an activating group) is 1. The van der Waals surface area contributed by atoms with Crippen LogP contribution in [0.5, 0.6) is 5.75 Å². The van der Waals surface area contributed by atoms with E-state index >= 15 is 0 Å². The van der Waals surface area contributed by atoms with Crippen LogP contribution in [0.4, 0.5) is 16.0 Å². The van der Waals surface area contributed by atoms with E-state index in [1.165, 1.54) is 12.1 Å². The molecule has 0 fully saturated rings. The molecule has 1 aliphatic rings. The fourth-order valence-corrected chi connectivity index (χ4v) is 3.49. The van der Waals surface area contributed by atoms with Crippen molar-refractivity contribution < 1.29 is 18.3 Å². The SMILES string of the molecule is CN1CCN(C(=O)c2ccc(COc3ccccc3F)o2)c2nc3ccccc3nc21. The van der Waals surface area contributed by atoms with Crippen LogP contribution >= 0.6 is 0 Å². The van der Waals surface area contributed by atoms with Crippen LogP contribution in [0.25, 0.3) is 11.0 Å². The molecule has 0 spiro atoms. The number of benzene rings is 2. The molecule has 0 unspecified atom stereocenters. The van der Waals surface area contributed by atoms with Crippen LogP contribution in [0.2, 0.25) is 0 Å². The number of amides is 1. The highest BCUT2D eigenvalue weighted by molar-refractivity contribution is 6.06. The number of aromatic nitrogens is 2. The number of carbonyl (C=O) groups excluding carboxylic acids is 1. The van der Waals surface area contributed by atoms with Crippen LogP contribution in [0.3, 0.4) is 0 Å². The number of para-hydroxylation sites is 3. The van der Waals surface area contributed by atoms with Crippen LogP contribution in [-0.4, -0.2) is 36.0 Å². The van der Waals surface area contributed by atoms with E-state index in [1.807, 2.05) is 36.2 Å². The van der Waals surface area contributed by atoms with Gasteiger partial charge in [0.1, 0.15) is 12.4 Å². The Bertz CT molecular complexity index is 1270. The molecule has 8 heteroatoms. The molecule has 0 saturated heterocycles. The van der Waals surface area contributed by atoms with Crippen molar-refractivity contribution in [3.8, 4) is 5.75 Å². The van der Waals surface area contributed by atoms with E-state index in [0.717, 1.165) is 5.52 Å². The molecule has 0 radical (unpaired) electrons. The van der Waals surface area contributed by atoms with Gasteiger partial charge in [-0.1, -0.05) is 24.3 Å². The first-order valence-electron chi connectivity index (χ1n) is 9.86. The molecule has 1 aliphatic heterocycles. The van der Waals surface area contributed by atoms with Crippen molar-refractivity contribution in [2.24, 2.45) is 0 Å². The van der Waals surface area contributed by atoms with Crippen molar-refractivity contribution in [1.29, 1.82) is 0 Å². The van der Waals surface area contributed by atoms with Gasteiger partial charge in [0.25, 0.3) is 5.91 Å². The minimum absolute atomic E-state index is 0.0119. The maximum Gasteiger partial charge on any atom is 0.295 e. The Morgan fingerprint density at radius 1 is 1.00 bits per heavy atom. The normalized spacial score (nSPS) is 13.4. The van der Waals surface area contributed by atoms with Crippen molar-refractivity contribution in [3.05, 3.63) is 78.0 Å². The first-order chi connectivity index (χ1) is 15.1. The standard InChI is InChI=1S/C23H19FN4O3/c1-27-12-13-28(22-21(27)25-17-7-3-4-8-18(17)26-22)23(29)20-11-10-15(31-20)14-30-19-9-5-2-6-16(19)24/h2-11H,12-14H2,1H3. The van der Waals surface area contributed by atoms with Crippen molar-refractivity contribution >= 4 is 28.6 Å². The van der Waals surface area contributed by atoms with Gasteiger partial charge in [-0.25, -0.2) is 14.4 Å². The summed E-state index contributed by atoms with van der Waals surface area (Å²) in [6.07, 6.45) is 0. The number of furan rings is 1. The molecule has 3 heterocycles. The zero-order valence-corrected chi connectivity index (χ0v) is 16.8. The van der Waals surface area contributed by atoms with E-state index in [4.69, 9.17) is 9.15 Å². The summed E-state index contributed by atoms with van der Waals surface area (Å²) in [6, 6.07) is 16.9. The van der Waals surface area contributed by atoms with Crippen molar-refractivity contribution in [2.45, 2.75) is 6.61 Å². The average molecular weight is 418 g/mol. The van der Waals surface area contributed by atoms with Gasteiger partial charge in [0.05, 0.1) is 11.0 Å². The third kappa shape index (κ3) is 3.56. The first kappa shape index (κ1) is 19.0. The molecule has 7 nitrogen and oxygen atoms in total. The fraction of sp³-hybridized carbons (Fsp3) is 0.174. The fourth-order valence-electron chi connectivity index (χ4n) is 3.49. The van der Waals surface area contributed by atoms with Crippen molar-refractivity contribution in [2.75, 3.05) is 29.9 Å². The van der Waals surface area contributed by atoms with Crippen LogP contribution in [0.15, 0.2) is 65.1 Å². The number of rotatable bonds is 4. The van der Waals surface area contributed by atoms with Crippen LogP contribution in [0, 0.1) is 5.82 Å². The molecule has 2 aromatic heterocycles. The molecule has 0 bridgehead atoms. The molecular formula is C23H19FN4O3. The van der Waals surface area contributed by atoms with Crippen molar-refractivity contribution in [3.63, 3.8) is 0 Å². The third-order valence-corrected chi connectivity index (χ3v) is 5.13. The van der Waals surface area contributed by atoms with Gasteiger partial charge in [-0.05, 0) is 36.4 Å². The molecule has 5 rings (SSSR count). The van der Waals surface area contributed by atoms with Gasteiger partial charge in [-0.3, -0.25) is 9.69 Å².